The summed E-state index contributed by atoms with van der Waals surface area (Å²) in [6.45, 7) is 15.0. The van der Waals surface area contributed by atoms with Crippen molar-refractivity contribution in [3.05, 3.63) is 235 Å². The fraction of sp³-hybridized carbons (Fsp3) is 0.109. The minimum Gasteiger partial charge on any atom is -0.493 e. The summed E-state index contributed by atoms with van der Waals surface area (Å²) in [6, 6.07) is 61.3. The van der Waals surface area contributed by atoms with Crippen molar-refractivity contribution in [2.24, 2.45) is 0 Å². The molecule has 3 heterocycles. The predicted molar refractivity (Wildman–Crippen MR) is 251 cm³/mol. The summed E-state index contributed by atoms with van der Waals surface area (Å²) in [5.41, 5.74) is 16.6. The number of hydrogen-bond acceptors (Lipinski definition) is 4. The molecule has 0 aliphatic carbocycles. The van der Waals surface area contributed by atoms with Gasteiger partial charge in [-0.25, -0.2) is 0 Å². The van der Waals surface area contributed by atoms with E-state index in [0.717, 1.165) is 34.2 Å². The Morgan fingerprint density at radius 2 is 0.871 bits per heavy atom. The van der Waals surface area contributed by atoms with Crippen LogP contribution in [0.3, 0.4) is 0 Å². The first kappa shape index (κ1) is 43.3. The molecular formula is C55H48IrN6-4. The third kappa shape index (κ3) is 9.40. The molecule has 0 N–H and O–H groups in total. The van der Waals surface area contributed by atoms with Crippen LogP contribution in [0.15, 0.2) is 176 Å². The zero-order chi connectivity index (χ0) is 42.3. The first-order chi connectivity index (χ1) is 29.8. The maximum absolute atomic E-state index is 4.50. The van der Waals surface area contributed by atoms with Crippen LogP contribution in [0.2, 0.25) is 0 Å². The van der Waals surface area contributed by atoms with Crippen LogP contribution < -0.4 is 9.80 Å². The van der Waals surface area contributed by atoms with E-state index < -0.39 is 0 Å². The zero-order valence-corrected chi connectivity index (χ0v) is 38.2. The normalized spacial score (nSPS) is 11.5. The fourth-order valence-corrected chi connectivity index (χ4v) is 8.17. The Labute approximate surface area is 380 Å². The zero-order valence-electron chi connectivity index (χ0n) is 35.8. The van der Waals surface area contributed by atoms with Crippen molar-refractivity contribution in [1.82, 2.24) is 19.1 Å². The van der Waals surface area contributed by atoms with Gasteiger partial charge in [-0.15, -0.1) is 84.1 Å². The smallest absolute Gasteiger partial charge is 0.0602 e. The van der Waals surface area contributed by atoms with Crippen molar-refractivity contribution >= 4 is 22.7 Å². The Bertz CT molecular complexity index is 2610. The molecule has 0 amide bonds. The molecule has 1 aliphatic rings. The Morgan fingerprint density at radius 1 is 0.452 bits per heavy atom. The average molecular weight is 985 g/mol. The molecule has 0 spiro atoms. The van der Waals surface area contributed by atoms with E-state index in [1.165, 1.54) is 56.1 Å². The minimum absolute atomic E-state index is 0. The van der Waals surface area contributed by atoms with Gasteiger partial charge in [0.25, 0.3) is 0 Å². The van der Waals surface area contributed by atoms with Crippen molar-refractivity contribution in [1.29, 1.82) is 0 Å². The molecule has 9 aromatic rings. The van der Waals surface area contributed by atoms with Crippen LogP contribution in [0, 0.1) is 66.4 Å². The van der Waals surface area contributed by atoms with E-state index in [9.17, 15) is 0 Å². The van der Waals surface area contributed by atoms with E-state index in [4.69, 9.17) is 0 Å². The van der Waals surface area contributed by atoms with Gasteiger partial charge in [0.2, 0.25) is 0 Å². The molecule has 0 atom stereocenters. The van der Waals surface area contributed by atoms with Gasteiger partial charge in [0, 0.05) is 73.3 Å². The maximum atomic E-state index is 4.50. The summed E-state index contributed by atoms with van der Waals surface area (Å²) < 4.78 is 4.30. The van der Waals surface area contributed by atoms with Gasteiger partial charge in [0.1, 0.15) is 0 Å². The van der Waals surface area contributed by atoms with Gasteiger partial charge in [-0.1, -0.05) is 65.7 Å². The van der Waals surface area contributed by atoms with E-state index in [1.54, 1.807) is 0 Å². The monoisotopic (exact) mass is 985 g/mol. The first-order valence-electron chi connectivity index (χ1n) is 20.5. The standard InChI is InChI=1S/C19H14N2.2C18H17N2.Ir/c1-3-9-16(10-4-1)20-15-21(17-11-5-2-6-12-17)19-14-8-7-13-18(19)20;2*1-13-11-14(2)17(15(3)12-13)20-10-9-19-18(20)16-7-5-4-6-8-16;/h1-11,13-15H;2*4-7,9-12H,1-3H3;/q-2;2*-1;. The number of anilines is 4. The Kier molecular flexibility index (Phi) is 13.8. The molecule has 1 radical (unpaired) electrons. The van der Waals surface area contributed by atoms with Crippen molar-refractivity contribution in [3.8, 4) is 34.2 Å². The molecule has 0 bridgehead atoms. The number of rotatable bonds is 6. The van der Waals surface area contributed by atoms with Crippen molar-refractivity contribution in [2.45, 2.75) is 41.5 Å². The topological polar surface area (TPSA) is 42.1 Å². The quantitative estimate of drug-likeness (QED) is 0.156. The molecular weight excluding hydrogens is 937 g/mol. The van der Waals surface area contributed by atoms with Crippen molar-refractivity contribution in [2.75, 3.05) is 9.80 Å². The van der Waals surface area contributed by atoms with E-state index in [1.807, 2.05) is 97.6 Å². The van der Waals surface area contributed by atoms with Crippen LogP contribution in [0.5, 0.6) is 0 Å². The van der Waals surface area contributed by atoms with Gasteiger partial charge in [0.15, 0.2) is 0 Å². The van der Waals surface area contributed by atoms with E-state index in [0.29, 0.717) is 0 Å². The van der Waals surface area contributed by atoms with Crippen LogP contribution in [0.4, 0.5) is 22.7 Å². The van der Waals surface area contributed by atoms with Crippen molar-refractivity contribution < 1.29 is 20.1 Å². The van der Waals surface area contributed by atoms with Crippen LogP contribution in [0.1, 0.15) is 33.4 Å². The summed E-state index contributed by atoms with van der Waals surface area (Å²) in [5, 5.41) is 0. The van der Waals surface area contributed by atoms with Gasteiger partial charge < -0.3 is 18.9 Å². The maximum Gasteiger partial charge on any atom is 0.0602 e. The molecule has 6 nitrogen and oxygen atoms in total. The number of fused-ring (bicyclic) bond motifs is 1. The third-order valence-electron chi connectivity index (χ3n) is 10.6. The van der Waals surface area contributed by atoms with Gasteiger partial charge in [-0.2, -0.15) is 30.3 Å². The average Bonchev–Trinajstić information content (AvgIpc) is 4.05. The number of aryl methyl sites for hydroxylation is 6. The van der Waals surface area contributed by atoms with E-state index in [-0.39, 0.29) is 20.1 Å². The summed E-state index contributed by atoms with van der Waals surface area (Å²) in [6.07, 6.45) is 7.71. The number of nitrogens with zero attached hydrogens (tertiary/aromatic N) is 6. The second kappa shape index (κ2) is 19.7. The summed E-state index contributed by atoms with van der Waals surface area (Å²) in [7, 11) is 0. The predicted octanol–water partition coefficient (Wildman–Crippen LogP) is 13.4. The van der Waals surface area contributed by atoms with Crippen LogP contribution in [-0.4, -0.2) is 19.1 Å². The van der Waals surface area contributed by atoms with Gasteiger partial charge in [-0.3, -0.25) is 9.97 Å². The van der Waals surface area contributed by atoms with Gasteiger partial charge >= 0.3 is 0 Å². The SMILES string of the molecule is Cc1cc(C)c(-n2ccnc2-c2[c-]cccc2)c(C)c1.Cc1cc(C)c(-n2ccnc2-c2[c-]cccc2)c(C)c1.[Ir].[c-]1ccccc1N1[CH-]N(c2ccccc2)c2ccccc21. The van der Waals surface area contributed by atoms with Gasteiger partial charge in [-0.05, 0) is 88.1 Å². The summed E-state index contributed by atoms with van der Waals surface area (Å²) in [5.74, 6) is 1.86. The van der Waals surface area contributed by atoms with E-state index in [2.05, 4.69) is 174 Å². The fourth-order valence-electron chi connectivity index (χ4n) is 8.17. The number of hydrogen-bond donors (Lipinski definition) is 0. The third-order valence-corrected chi connectivity index (χ3v) is 10.6. The Morgan fingerprint density at radius 3 is 1.31 bits per heavy atom. The second-order valence-electron chi connectivity index (χ2n) is 15.2. The van der Waals surface area contributed by atoms with Crippen molar-refractivity contribution in [3.63, 3.8) is 0 Å². The Hall–Kier alpha value is -6.79. The number of benzene rings is 7. The molecule has 7 heteroatoms. The minimum atomic E-state index is 0. The summed E-state index contributed by atoms with van der Waals surface area (Å²) >= 11 is 0. The largest absolute Gasteiger partial charge is 0.493 e. The van der Waals surface area contributed by atoms with Crippen LogP contribution in [-0.2, 0) is 20.1 Å². The van der Waals surface area contributed by atoms with Gasteiger partial charge in [0.05, 0.1) is 11.6 Å². The summed E-state index contributed by atoms with van der Waals surface area (Å²) in [4.78, 5) is 13.4. The number of aromatic nitrogens is 4. The first-order valence-corrected chi connectivity index (χ1v) is 20.5. The molecule has 7 aromatic carbocycles. The molecule has 10 rings (SSSR count). The molecule has 2 aromatic heterocycles. The number of imidazole rings is 2. The van der Waals surface area contributed by atoms with Crippen LogP contribution >= 0.6 is 0 Å². The van der Waals surface area contributed by atoms with E-state index >= 15 is 0 Å². The Balaban J connectivity index is 0.000000139. The molecule has 311 valence electrons. The second-order valence-corrected chi connectivity index (χ2v) is 15.2. The molecule has 0 unspecified atom stereocenters. The molecule has 0 saturated heterocycles. The molecule has 0 fully saturated rings. The van der Waals surface area contributed by atoms with Crippen LogP contribution in [0.25, 0.3) is 34.2 Å². The molecule has 1 aliphatic heterocycles. The molecule has 62 heavy (non-hydrogen) atoms. The molecule has 0 saturated carbocycles. The number of para-hydroxylation sites is 4.